The van der Waals surface area contributed by atoms with Gasteiger partial charge in [-0.25, -0.2) is 9.78 Å². The number of carbonyl (C=O) groups is 1. The van der Waals surface area contributed by atoms with Gasteiger partial charge in [-0.15, -0.1) is 11.3 Å². The van der Waals surface area contributed by atoms with Crippen molar-refractivity contribution < 1.29 is 14.2 Å². The lowest BCUT2D eigenvalue weighted by molar-refractivity contribution is 0.0516. The molecule has 3 aromatic rings. The maximum Gasteiger partial charge on any atom is 0.365 e. The van der Waals surface area contributed by atoms with Crippen LogP contribution in [0.1, 0.15) is 28.7 Å². The van der Waals surface area contributed by atoms with Crippen molar-refractivity contribution in [2.24, 2.45) is 5.16 Å². The van der Waals surface area contributed by atoms with Gasteiger partial charge in [-0.05, 0) is 26.0 Å². The topological polar surface area (TPSA) is 77.6 Å². The molecule has 3 rings (SSSR count). The summed E-state index contributed by atoms with van der Waals surface area (Å²) >= 11 is 1.42. The van der Waals surface area contributed by atoms with Crippen LogP contribution in [0.5, 0.6) is 0 Å². The summed E-state index contributed by atoms with van der Waals surface area (Å²) in [6.07, 6.45) is 0. The highest BCUT2D eigenvalue weighted by molar-refractivity contribution is 7.13. The molecule has 0 bridgehead atoms. The lowest BCUT2D eigenvalue weighted by atomic mass is 10.2. The fourth-order valence-corrected chi connectivity index (χ4v) is 2.62. The zero-order valence-corrected chi connectivity index (χ0v) is 13.3. The minimum atomic E-state index is -0.507. The predicted molar refractivity (Wildman–Crippen MR) is 86.4 cm³/mol. The first-order chi connectivity index (χ1) is 11.1. The summed E-state index contributed by atoms with van der Waals surface area (Å²) in [6.45, 7) is 3.55. The molecule has 0 aliphatic heterocycles. The molecule has 0 atom stereocenters. The third kappa shape index (κ3) is 3.51. The summed E-state index contributed by atoms with van der Waals surface area (Å²) in [5.41, 5.74) is 2.26. The fourth-order valence-electron chi connectivity index (χ4n) is 1.81. The molecule has 0 unspecified atom stereocenters. The van der Waals surface area contributed by atoms with Crippen molar-refractivity contribution in [3.63, 3.8) is 0 Å². The molecule has 7 heteroatoms. The summed E-state index contributed by atoms with van der Waals surface area (Å²) in [4.78, 5) is 21.2. The van der Waals surface area contributed by atoms with E-state index in [9.17, 15) is 4.79 Å². The highest BCUT2D eigenvalue weighted by Gasteiger charge is 2.12. The minimum absolute atomic E-state index is 0.445. The third-order valence-corrected chi connectivity index (χ3v) is 3.86. The summed E-state index contributed by atoms with van der Waals surface area (Å²) in [5.74, 6) is 0.214. The Hall–Kier alpha value is -2.80. The van der Waals surface area contributed by atoms with Crippen LogP contribution in [-0.2, 0) is 4.84 Å². The van der Waals surface area contributed by atoms with E-state index >= 15 is 0 Å². The maximum absolute atomic E-state index is 11.8. The van der Waals surface area contributed by atoms with Crippen molar-refractivity contribution in [1.29, 1.82) is 0 Å². The van der Waals surface area contributed by atoms with E-state index in [1.807, 2.05) is 24.4 Å². The van der Waals surface area contributed by atoms with Gasteiger partial charge in [-0.2, -0.15) is 0 Å². The number of aromatic nitrogens is 2. The van der Waals surface area contributed by atoms with Gasteiger partial charge in [-0.1, -0.05) is 28.5 Å². The molecule has 0 amide bonds. The van der Waals surface area contributed by atoms with Gasteiger partial charge in [0.2, 0.25) is 0 Å². The van der Waals surface area contributed by atoms with Gasteiger partial charge < -0.3 is 9.36 Å². The lowest BCUT2D eigenvalue weighted by Gasteiger charge is -1.98. The second-order valence-electron chi connectivity index (χ2n) is 4.78. The number of hydrogen-bond acceptors (Lipinski definition) is 7. The molecule has 0 aliphatic rings. The Morgan fingerprint density at radius 1 is 1.30 bits per heavy atom. The van der Waals surface area contributed by atoms with Gasteiger partial charge in [0.05, 0.1) is 11.3 Å². The summed E-state index contributed by atoms with van der Waals surface area (Å²) in [7, 11) is 0. The Kier molecular flexibility index (Phi) is 4.29. The molecule has 0 N–H and O–H groups in total. The van der Waals surface area contributed by atoms with E-state index < -0.39 is 5.97 Å². The van der Waals surface area contributed by atoms with Crippen LogP contribution in [0.15, 0.2) is 51.5 Å². The first-order valence-electron chi connectivity index (χ1n) is 6.84. The number of thiazole rings is 1. The third-order valence-electron chi connectivity index (χ3n) is 3.00. The van der Waals surface area contributed by atoms with Gasteiger partial charge in [-0.3, -0.25) is 0 Å². The molecule has 23 heavy (non-hydrogen) atoms. The number of carbonyl (C=O) groups excluding carboxylic acids is 1. The molecule has 0 spiro atoms. The highest BCUT2D eigenvalue weighted by atomic mass is 32.1. The number of benzene rings is 1. The number of aryl methyl sites for hydroxylation is 1. The van der Waals surface area contributed by atoms with Gasteiger partial charge in [0, 0.05) is 11.4 Å². The van der Waals surface area contributed by atoms with Crippen molar-refractivity contribution in [3.05, 3.63) is 58.8 Å². The Morgan fingerprint density at radius 2 is 2.09 bits per heavy atom. The number of rotatable bonds is 4. The summed E-state index contributed by atoms with van der Waals surface area (Å²) in [6, 6.07) is 10.5. The molecule has 0 aliphatic carbocycles. The molecule has 6 nitrogen and oxygen atoms in total. The van der Waals surface area contributed by atoms with Crippen molar-refractivity contribution in [2.45, 2.75) is 13.8 Å². The molecule has 2 heterocycles. The van der Waals surface area contributed by atoms with E-state index in [1.54, 1.807) is 31.2 Å². The normalized spacial score (nSPS) is 11.5. The molecule has 0 fully saturated rings. The van der Waals surface area contributed by atoms with Crippen LogP contribution in [0.4, 0.5) is 0 Å². The van der Waals surface area contributed by atoms with E-state index in [4.69, 9.17) is 9.36 Å². The monoisotopic (exact) mass is 327 g/mol. The number of oxime groups is 1. The average Bonchev–Trinajstić information content (AvgIpc) is 3.22. The molecule has 2 aromatic heterocycles. The van der Waals surface area contributed by atoms with E-state index in [2.05, 4.69) is 15.3 Å². The Labute approximate surface area is 136 Å². The first-order valence-corrected chi connectivity index (χ1v) is 7.72. The van der Waals surface area contributed by atoms with Crippen LogP contribution < -0.4 is 0 Å². The summed E-state index contributed by atoms with van der Waals surface area (Å²) < 4.78 is 5.03. The molecule has 0 radical (unpaired) electrons. The van der Waals surface area contributed by atoms with Crippen LogP contribution in [0.2, 0.25) is 0 Å². The molecular formula is C16H13N3O3S. The van der Waals surface area contributed by atoms with Gasteiger partial charge in [0.1, 0.15) is 22.2 Å². The second-order valence-corrected chi connectivity index (χ2v) is 5.64. The van der Waals surface area contributed by atoms with Crippen LogP contribution in [0.25, 0.3) is 10.7 Å². The van der Waals surface area contributed by atoms with Crippen LogP contribution in [-0.4, -0.2) is 21.8 Å². The van der Waals surface area contributed by atoms with Gasteiger partial charge >= 0.3 is 5.97 Å². The second kappa shape index (κ2) is 6.53. The average molecular weight is 327 g/mol. The van der Waals surface area contributed by atoms with Crippen LogP contribution in [0.3, 0.4) is 0 Å². The van der Waals surface area contributed by atoms with Gasteiger partial charge in [0.25, 0.3) is 0 Å². The molecule has 0 saturated carbocycles. The lowest BCUT2D eigenvalue weighted by Crippen LogP contribution is -2.04. The summed E-state index contributed by atoms with van der Waals surface area (Å²) in [5, 5.41) is 10.3. The maximum atomic E-state index is 11.8. The SMILES string of the molecule is CC(=NOC(=O)c1ccccc1)c1csc(-c2cc(C)on2)n1. The van der Waals surface area contributed by atoms with Crippen molar-refractivity contribution in [3.8, 4) is 10.7 Å². The van der Waals surface area contributed by atoms with Crippen molar-refractivity contribution in [2.75, 3.05) is 0 Å². The predicted octanol–water partition coefficient (Wildman–Crippen LogP) is 3.69. The smallest absolute Gasteiger partial charge is 0.361 e. The van der Waals surface area contributed by atoms with E-state index in [0.29, 0.717) is 22.7 Å². The van der Waals surface area contributed by atoms with Crippen molar-refractivity contribution >= 4 is 23.0 Å². The largest absolute Gasteiger partial charge is 0.365 e. The first kappa shape index (κ1) is 15.1. The number of nitrogens with zero attached hydrogens (tertiary/aromatic N) is 3. The zero-order valence-electron chi connectivity index (χ0n) is 12.5. The van der Waals surface area contributed by atoms with Crippen LogP contribution in [0, 0.1) is 6.92 Å². The van der Waals surface area contributed by atoms with E-state index in [1.165, 1.54) is 11.3 Å². The quantitative estimate of drug-likeness (QED) is 0.415. The van der Waals surface area contributed by atoms with E-state index in [0.717, 1.165) is 10.8 Å². The van der Waals surface area contributed by atoms with Crippen molar-refractivity contribution in [1.82, 2.24) is 10.1 Å². The number of hydrogen-bond donors (Lipinski definition) is 0. The Morgan fingerprint density at radius 3 is 2.78 bits per heavy atom. The fraction of sp³-hybridized carbons (Fsp3) is 0.125. The zero-order chi connectivity index (χ0) is 16.2. The standard InChI is InChI=1S/C16H13N3O3S/c1-10-8-13(19-21-10)15-17-14(9-23-15)11(2)18-22-16(20)12-6-4-3-5-7-12/h3-9H,1-2H3. The van der Waals surface area contributed by atoms with Gasteiger partial charge in [0.15, 0.2) is 0 Å². The molecule has 1 aromatic carbocycles. The Balaban J connectivity index is 1.72. The van der Waals surface area contributed by atoms with E-state index in [-0.39, 0.29) is 0 Å². The highest BCUT2D eigenvalue weighted by Crippen LogP contribution is 2.23. The minimum Gasteiger partial charge on any atom is -0.361 e. The molecule has 116 valence electrons. The Bertz CT molecular complexity index is 852. The molecule has 0 saturated heterocycles. The van der Waals surface area contributed by atoms with Crippen LogP contribution >= 0.6 is 11.3 Å². The molecular weight excluding hydrogens is 314 g/mol.